The number of allylic oxidation sites excluding steroid dienone is 4. The Kier molecular flexibility index (Phi) is 34.0. The van der Waals surface area contributed by atoms with E-state index in [1.165, 1.54) is 96.3 Å². The molecule has 1 saturated heterocycles. The van der Waals surface area contributed by atoms with Gasteiger partial charge in [-0.05, 0) is 44.9 Å². The van der Waals surface area contributed by atoms with Gasteiger partial charge in [0, 0.05) is 12.8 Å². The van der Waals surface area contributed by atoms with Crippen LogP contribution in [0, 0.1) is 0 Å². The zero-order chi connectivity index (χ0) is 40.2. The Hall–Kier alpha value is -1.82. The van der Waals surface area contributed by atoms with E-state index in [1.807, 2.05) is 0 Å². The molecular weight excluding hydrogens is 700 g/mol. The molecule has 1 aliphatic rings. The Morgan fingerprint density at radius 2 is 1.02 bits per heavy atom. The van der Waals surface area contributed by atoms with E-state index in [-0.39, 0.29) is 32.0 Å². The van der Waals surface area contributed by atoms with Crippen LogP contribution in [0.2, 0.25) is 0 Å². The van der Waals surface area contributed by atoms with E-state index in [0.29, 0.717) is 12.8 Å². The number of esters is 2. The van der Waals surface area contributed by atoms with Gasteiger partial charge in [-0.3, -0.25) is 9.59 Å². The standard InChI is InChI=1S/C45H82O10/c1-3-5-7-9-11-13-15-17-19-21-23-25-27-29-31-33-40(47)52-36-38(37-53-45-44(51)43(50)42(49)39(35-46)55-45)54-41(48)34-32-30-28-26-24-22-20-18-16-14-12-10-8-6-4-2/h11,13,17,19,38-39,42-46,49-51H,3-10,12,14-16,18,20-37H2,1-2H3/b13-11+,19-17+/t38-,39-,42+,43?,44?,45-/m0/s1. The molecule has 1 rings (SSSR count). The summed E-state index contributed by atoms with van der Waals surface area (Å²) in [6.45, 7) is 3.39. The number of aliphatic hydroxyl groups excluding tert-OH is 4. The molecule has 4 N–H and O–H groups in total. The molecule has 2 unspecified atom stereocenters. The van der Waals surface area contributed by atoms with Crippen molar-refractivity contribution in [2.24, 2.45) is 0 Å². The molecule has 0 aromatic rings. The van der Waals surface area contributed by atoms with E-state index in [2.05, 4.69) is 38.2 Å². The molecule has 6 atom stereocenters. The van der Waals surface area contributed by atoms with E-state index < -0.39 is 49.4 Å². The van der Waals surface area contributed by atoms with Gasteiger partial charge < -0.3 is 39.4 Å². The number of carbonyl (C=O) groups excluding carboxylic acids is 2. The van der Waals surface area contributed by atoms with Crippen LogP contribution in [-0.2, 0) is 28.5 Å². The highest BCUT2D eigenvalue weighted by atomic mass is 16.7. The molecular formula is C45H82O10. The number of aliphatic hydroxyl groups is 4. The van der Waals surface area contributed by atoms with E-state index in [4.69, 9.17) is 18.9 Å². The summed E-state index contributed by atoms with van der Waals surface area (Å²) in [4.78, 5) is 25.3. The average molecular weight is 783 g/mol. The van der Waals surface area contributed by atoms with Crippen molar-refractivity contribution in [1.82, 2.24) is 0 Å². The highest BCUT2D eigenvalue weighted by molar-refractivity contribution is 5.70. The Bertz CT molecular complexity index is 954. The van der Waals surface area contributed by atoms with Crippen molar-refractivity contribution < 1.29 is 49.0 Å². The predicted molar refractivity (Wildman–Crippen MR) is 219 cm³/mol. The highest BCUT2D eigenvalue weighted by Crippen LogP contribution is 2.23. The molecule has 0 aromatic heterocycles. The minimum absolute atomic E-state index is 0.221. The normalized spacial score (nSPS) is 20.7. The summed E-state index contributed by atoms with van der Waals surface area (Å²) >= 11 is 0. The van der Waals surface area contributed by atoms with Gasteiger partial charge in [0.15, 0.2) is 12.4 Å². The maximum atomic E-state index is 12.8. The van der Waals surface area contributed by atoms with Crippen molar-refractivity contribution in [3.63, 3.8) is 0 Å². The van der Waals surface area contributed by atoms with Crippen molar-refractivity contribution >= 4 is 11.9 Å². The van der Waals surface area contributed by atoms with Crippen molar-refractivity contribution in [3.8, 4) is 0 Å². The summed E-state index contributed by atoms with van der Waals surface area (Å²) < 4.78 is 22.1. The van der Waals surface area contributed by atoms with Crippen molar-refractivity contribution in [2.75, 3.05) is 19.8 Å². The van der Waals surface area contributed by atoms with Gasteiger partial charge in [0.2, 0.25) is 0 Å². The summed E-state index contributed by atoms with van der Waals surface area (Å²) in [5, 5.41) is 40.0. The quantitative estimate of drug-likeness (QED) is 0.0273. The second-order valence-corrected chi connectivity index (χ2v) is 15.5. The third-order valence-electron chi connectivity index (χ3n) is 10.3. The van der Waals surface area contributed by atoms with Crippen LogP contribution in [0.4, 0.5) is 0 Å². The monoisotopic (exact) mass is 783 g/mol. The summed E-state index contributed by atoms with van der Waals surface area (Å²) in [5.74, 6) is -0.816. The van der Waals surface area contributed by atoms with Gasteiger partial charge in [0.05, 0.1) is 13.2 Å². The lowest BCUT2D eigenvalue weighted by molar-refractivity contribution is -0.305. The van der Waals surface area contributed by atoms with E-state index in [1.54, 1.807) is 0 Å². The second kappa shape index (κ2) is 36.5. The van der Waals surface area contributed by atoms with E-state index in [0.717, 1.165) is 57.8 Å². The van der Waals surface area contributed by atoms with Crippen molar-refractivity contribution in [1.29, 1.82) is 0 Å². The fraction of sp³-hybridized carbons (Fsp3) is 0.867. The summed E-state index contributed by atoms with van der Waals surface area (Å²) in [7, 11) is 0. The van der Waals surface area contributed by atoms with Crippen molar-refractivity contribution in [2.45, 2.75) is 230 Å². The number of carbonyl (C=O) groups is 2. The minimum atomic E-state index is -1.59. The SMILES string of the molecule is CCCCC/C=C/C/C=C/CCCCCCCC(=O)OC[C@@H](CO[C@H]1O[C@@H](CO)[C@@H](O)C(O)C1O)OC(=O)CCCCCCCCCCCCCCCCC. The van der Waals surface area contributed by atoms with Gasteiger partial charge in [-0.2, -0.15) is 0 Å². The smallest absolute Gasteiger partial charge is 0.306 e. The van der Waals surface area contributed by atoms with Crippen LogP contribution in [0.5, 0.6) is 0 Å². The fourth-order valence-corrected chi connectivity index (χ4v) is 6.75. The lowest BCUT2D eigenvalue weighted by atomic mass is 9.99. The van der Waals surface area contributed by atoms with Crippen LogP contribution in [0.25, 0.3) is 0 Å². The highest BCUT2D eigenvalue weighted by Gasteiger charge is 2.44. The molecule has 0 aliphatic carbocycles. The van der Waals surface area contributed by atoms with Gasteiger partial charge in [-0.25, -0.2) is 0 Å². The van der Waals surface area contributed by atoms with Crippen LogP contribution in [-0.4, -0.2) is 89.0 Å². The molecule has 0 saturated carbocycles. The van der Waals surface area contributed by atoms with Crippen LogP contribution in [0.15, 0.2) is 24.3 Å². The maximum absolute atomic E-state index is 12.8. The van der Waals surface area contributed by atoms with Gasteiger partial charge >= 0.3 is 11.9 Å². The third kappa shape index (κ3) is 28.3. The molecule has 322 valence electrons. The molecule has 1 aliphatic heterocycles. The zero-order valence-electron chi connectivity index (χ0n) is 34.9. The number of ether oxygens (including phenoxy) is 4. The first kappa shape index (κ1) is 51.2. The third-order valence-corrected chi connectivity index (χ3v) is 10.3. The molecule has 55 heavy (non-hydrogen) atoms. The largest absolute Gasteiger partial charge is 0.462 e. The Morgan fingerprint density at radius 1 is 0.564 bits per heavy atom. The number of unbranched alkanes of at least 4 members (excludes halogenated alkanes) is 22. The Morgan fingerprint density at radius 3 is 1.55 bits per heavy atom. The van der Waals surface area contributed by atoms with Crippen molar-refractivity contribution in [3.05, 3.63) is 24.3 Å². The molecule has 0 radical (unpaired) electrons. The number of rotatable bonds is 37. The lowest BCUT2D eigenvalue weighted by Crippen LogP contribution is -2.59. The Balaban J connectivity index is 2.34. The van der Waals surface area contributed by atoms with Gasteiger partial charge in [0.25, 0.3) is 0 Å². The lowest BCUT2D eigenvalue weighted by Gasteiger charge is -2.39. The Labute approximate surface area is 334 Å². The molecule has 10 nitrogen and oxygen atoms in total. The van der Waals surface area contributed by atoms with E-state index in [9.17, 15) is 30.0 Å². The average Bonchev–Trinajstić information content (AvgIpc) is 3.18. The molecule has 0 spiro atoms. The van der Waals surface area contributed by atoms with Crippen LogP contribution < -0.4 is 0 Å². The molecule has 1 heterocycles. The maximum Gasteiger partial charge on any atom is 0.306 e. The molecule has 0 bridgehead atoms. The second-order valence-electron chi connectivity index (χ2n) is 15.5. The first-order valence-corrected chi connectivity index (χ1v) is 22.4. The summed E-state index contributed by atoms with van der Waals surface area (Å²) in [6.07, 6.45) is 31.8. The molecule has 0 amide bonds. The predicted octanol–water partition coefficient (Wildman–Crippen LogP) is 9.33. The van der Waals surface area contributed by atoms with Gasteiger partial charge in [0.1, 0.15) is 31.0 Å². The zero-order valence-corrected chi connectivity index (χ0v) is 34.9. The van der Waals surface area contributed by atoms with Gasteiger partial charge in [-0.15, -0.1) is 0 Å². The number of hydrogen-bond donors (Lipinski definition) is 4. The number of hydrogen-bond acceptors (Lipinski definition) is 10. The first-order valence-electron chi connectivity index (χ1n) is 22.4. The van der Waals surface area contributed by atoms with Crippen LogP contribution in [0.3, 0.4) is 0 Å². The van der Waals surface area contributed by atoms with Gasteiger partial charge in [-0.1, -0.05) is 160 Å². The summed E-state index contributed by atoms with van der Waals surface area (Å²) in [5.41, 5.74) is 0. The molecule has 10 heteroatoms. The topological polar surface area (TPSA) is 152 Å². The minimum Gasteiger partial charge on any atom is -0.462 e. The molecule has 0 aromatic carbocycles. The van der Waals surface area contributed by atoms with Crippen LogP contribution in [0.1, 0.15) is 194 Å². The van der Waals surface area contributed by atoms with E-state index >= 15 is 0 Å². The summed E-state index contributed by atoms with van der Waals surface area (Å²) in [6, 6.07) is 0. The van der Waals surface area contributed by atoms with Crippen LogP contribution >= 0.6 is 0 Å². The molecule has 1 fully saturated rings. The first-order chi connectivity index (χ1) is 26.8. The fourth-order valence-electron chi connectivity index (χ4n) is 6.75.